The van der Waals surface area contributed by atoms with Crippen molar-refractivity contribution in [3.8, 4) is 11.5 Å². The molecule has 0 unspecified atom stereocenters. The van der Waals surface area contributed by atoms with Crippen LogP contribution in [0.25, 0.3) is 0 Å². The van der Waals surface area contributed by atoms with Crippen molar-refractivity contribution in [2.75, 3.05) is 25.0 Å². The van der Waals surface area contributed by atoms with Gasteiger partial charge in [-0.05, 0) is 55.2 Å². The monoisotopic (exact) mass is 412 g/mol. The number of nitrogens with one attached hydrogen (secondary N) is 2. The van der Waals surface area contributed by atoms with Crippen LogP contribution in [0, 0.1) is 0 Å². The van der Waals surface area contributed by atoms with Crippen LogP contribution >= 0.6 is 0 Å². The van der Waals surface area contributed by atoms with Crippen molar-refractivity contribution < 1.29 is 14.6 Å². The molecule has 0 heterocycles. The third-order valence-corrected chi connectivity index (χ3v) is 4.98. The van der Waals surface area contributed by atoms with E-state index >= 15 is 0 Å². The Morgan fingerprint density at radius 1 is 0.933 bits per heavy atom. The lowest BCUT2D eigenvalue weighted by molar-refractivity contribution is 0.0954. The zero-order chi connectivity index (χ0) is 21.6. The van der Waals surface area contributed by atoms with Gasteiger partial charge in [-0.25, -0.2) is 0 Å². The van der Waals surface area contributed by atoms with Gasteiger partial charge in [0.25, 0.3) is 5.91 Å². The highest BCUT2D eigenvalue weighted by atomic mass is 16.5. The number of hydrogen-bond donors (Lipinski definition) is 3. The topological polar surface area (TPSA) is 70.6 Å². The number of carbonyl (C=O) groups excluding carboxylic acids is 1. The predicted molar refractivity (Wildman–Crippen MR) is 124 cm³/mol. The number of unbranched alkanes of at least 4 members (excludes halogenated alkanes) is 4. The maximum atomic E-state index is 12.6. The Morgan fingerprint density at radius 3 is 2.40 bits per heavy atom. The highest BCUT2D eigenvalue weighted by Gasteiger charge is 2.11. The standard InChI is InChI=1S/C25H36N2O3/c1-3-5-7-16-26-23-19-21(11-14-24(23)30-18-8-6-4-2)25(29)27-17-15-20-9-12-22(28)13-10-20/h9-14,19,26,28H,3-8,15-18H2,1-2H3,(H,27,29). The summed E-state index contributed by atoms with van der Waals surface area (Å²) < 4.78 is 5.96. The maximum absolute atomic E-state index is 12.6. The van der Waals surface area contributed by atoms with Gasteiger partial charge in [0.1, 0.15) is 11.5 Å². The quantitative estimate of drug-likeness (QED) is 0.357. The molecule has 164 valence electrons. The molecule has 0 saturated heterocycles. The number of benzene rings is 2. The Bertz CT molecular complexity index is 759. The molecular formula is C25H36N2O3. The summed E-state index contributed by atoms with van der Waals surface area (Å²) >= 11 is 0. The molecule has 0 aromatic heterocycles. The fourth-order valence-electron chi connectivity index (χ4n) is 3.15. The smallest absolute Gasteiger partial charge is 0.251 e. The Kier molecular flexibility index (Phi) is 10.6. The molecule has 0 radical (unpaired) electrons. The first-order valence-corrected chi connectivity index (χ1v) is 11.2. The molecule has 2 aromatic carbocycles. The normalized spacial score (nSPS) is 10.6. The molecule has 0 spiro atoms. The minimum absolute atomic E-state index is 0.0945. The van der Waals surface area contributed by atoms with E-state index in [0.29, 0.717) is 25.1 Å². The van der Waals surface area contributed by atoms with E-state index in [4.69, 9.17) is 4.74 Å². The van der Waals surface area contributed by atoms with Crippen molar-refractivity contribution in [2.24, 2.45) is 0 Å². The molecule has 0 fully saturated rings. The molecule has 1 amide bonds. The third kappa shape index (κ3) is 8.36. The number of phenolic OH excluding ortho intramolecular Hbond substituents is 1. The fourth-order valence-corrected chi connectivity index (χ4v) is 3.15. The van der Waals surface area contributed by atoms with E-state index in [1.165, 1.54) is 12.8 Å². The average molecular weight is 413 g/mol. The summed E-state index contributed by atoms with van der Waals surface area (Å²) in [5, 5.41) is 15.8. The van der Waals surface area contributed by atoms with Crippen LogP contribution in [-0.2, 0) is 6.42 Å². The van der Waals surface area contributed by atoms with E-state index in [1.54, 1.807) is 12.1 Å². The highest BCUT2D eigenvalue weighted by molar-refractivity contribution is 5.95. The zero-order valence-electron chi connectivity index (χ0n) is 18.4. The first kappa shape index (κ1) is 23.6. The van der Waals surface area contributed by atoms with Gasteiger partial charge in [0.05, 0.1) is 12.3 Å². The molecule has 30 heavy (non-hydrogen) atoms. The molecule has 0 saturated carbocycles. The summed E-state index contributed by atoms with van der Waals surface area (Å²) in [5.74, 6) is 0.963. The largest absolute Gasteiger partial charge is 0.508 e. The van der Waals surface area contributed by atoms with Crippen LogP contribution < -0.4 is 15.4 Å². The fraction of sp³-hybridized carbons (Fsp3) is 0.480. The lowest BCUT2D eigenvalue weighted by Gasteiger charge is -2.15. The zero-order valence-corrected chi connectivity index (χ0v) is 18.4. The molecular weight excluding hydrogens is 376 g/mol. The molecule has 0 bridgehead atoms. The van der Waals surface area contributed by atoms with E-state index in [1.807, 2.05) is 30.3 Å². The van der Waals surface area contributed by atoms with Crippen LogP contribution in [-0.4, -0.2) is 30.7 Å². The number of carbonyl (C=O) groups is 1. The third-order valence-electron chi connectivity index (χ3n) is 4.98. The second-order valence-corrected chi connectivity index (χ2v) is 7.57. The van der Waals surface area contributed by atoms with Crippen molar-refractivity contribution in [2.45, 2.75) is 58.8 Å². The second-order valence-electron chi connectivity index (χ2n) is 7.57. The van der Waals surface area contributed by atoms with Crippen LogP contribution in [0.1, 0.15) is 68.3 Å². The van der Waals surface area contributed by atoms with Crippen molar-refractivity contribution in [3.63, 3.8) is 0 Å². The molecule has 0 aliphatic rings. The van der Waals surface area contributed by atoms with Gasteiger partial charge >= 0.3 is 0 Å². The maximum Gasteiger partial charge on any atom is 0.251 e. The Labute approximate surface area is 180 Å². The molecule has 2 aromatic rings. The summed E-state index contributed by atoms with van der Waals surface area (Å²) in [4.78, 5) is 12.6. The predicted octanol–water partition coefficient (Wildman–Crippen LogP) is 5.54. The van der Waals surface area contributed by atoms with Gasteiger partial charge in [0, 0.05) is 18.7 Å². The summed E-state index contributed by atoms with van der Waals surface area (Å²) in [6.45, 7) is 6.46. The van der Waals surface area contributed by atoms with Crippen molar-refractivity contribution in [1.82, 2.24) is 5.32 Å². The number of rotatable bonds is 14. The van der Waals surface area contributed by atoms with Gasteiger partial charge in [-0.15, -0.1) is 0 Å². The Morgan fingerprint density at radius 2 is 1.67 bits per heavy atom. The van der Waals surface area contributed by atoms with Gasteiger partial charge < -0.3 is 20.5 Å². The highest BCUT2D eigenvalue weighted by Crippen LogP contribution is 2.26. The number of hydrogen-bond acceptors (Lipinski definition) is 4. The molecule has 0 atom stereocenters. The number of aromatic hydroxyl groups is 1. The van der Waals surface area contributed by atoms with Gasteiger partial charge in [-0.2, -0.15) is 0 Å². The first-order valence-electron chi connectivity index (χ1n) is 11.2. The van der Waals surface area contributed by atoms with E-state index in [-0.39, 0.29) is 11.7 Å². The van der Waals surface area contributed by atoms with E-state index in [0.717, 1.165) is 49.2 Å². The van der Waals surface area contributed by atoms with E-state index in [2.05, 4.69) is 24.5 Å². The Balaban J connectivity index is 1.95. The minimum atomic E-state index is -0.0945. The summed E-state index contributed by atoms with van der Waals surface area (Å²) in [7, 11) is 0. The second kappa shape index (κ2) is 13.5. The number of ether oxygens (including phenoxy) is 1. The molecule has 5 nitrogen and oxygen atoms in total. The number of anilines is 1. The molecule has 0 aliphatic heterocycles. The van der Waals surface area contributed by atoms with Crippen molar-refractivity contribution in [3.05, 3.63) is 53.6 Å². The minimum Gasteiger partial charge on any atom is -0.508 e. The van der Waals surface area contributed by atoms with Crippen molar-refractivity contribution >= 4 is 11.6 Å². The number of amides is 1. The molecule has 5 heteroatoms. The van der Waals surface area contributed by atoms with Crippen LogP contribution in [0.5, 0.6) is 11.5 Å². The first-order chi connectivity index (χ1) is 14.6. The molecule has 3 N–H and O–H groups in total. The van der Waals surface area contributed by atoms with Gasteiger partial charge in [0.2, 0.25) is 0 Å². The lowest BCUT2D eigenvalue weighted by Crippen LogP contribution is -2.25. The molecule has 2 rings (SSSR count). The SMILES string of the molecule is CCCCCNc1cc(C(=O)NCCc2ccc(O)cc2)ccc1OCCCCC. The van der Waals surface area contributed by atoms with E-state index in [9.17, 15) is 9.90 Å². The van der Waals surface area contributed by atoms with E-state index < -0.39 is 0 Å². The van der Waals surface area contributed by atoms with Crippen LogP contribution in [0.15, 0.2) is 42.5 Å². The summed E-state index contributed by atoms with van der Waals surface area (Å²) in [6, 6.07) is 12.6. The van der Waals surface area contributed by atoms with Crippen LogP contribution in [0.4, 0.5) is 5.69 Å². The summed E-state index contributed by atoms with van der Waals surface area (Å²) in [5.41, 5.74) is 2.58. The average Bonchev–Trinajstić information content (AvgIpc) is 2.76. The van der Waals surface area contributed by atoms with Crippen molar-refractivity contribution in [1.29, 1.82) is 0 Å². The number of phenols is 1. The molecule has 0 aliphatic carbocycles. The lowest BCUT2D eigenvalue weighted by atomic mass is 10.1. The van der Waals surface area contributed by atoms with Gasteiger partial charge in [0.15, 0.2) is 0 Å². The van der Waals surface area contributed by atoms with Gasteiger partial charge in [-0.3, -0.25) is 4.79 Å². The van der Waals surface area contributed by atoms with Crippen LogP contribution in [0.2, 0.25) is 0 Å². The summed E-state index contributed by atoms with van der Waals surface area (Å²) in [6.07, 6.45) is 7.51. The van der Waals surface area contributed by atoms with Gasteiger partial charge in [-0.1, -0.05) is 51.7 Å². The van der Waals surface area contributed by atoms with Crippen LogP contribution in [0.3, 0.4) is 0 Å². The Hall–Kier alpha value is -2.69.